The number of hydrogen-bond acceptors (Lipinski definition) is 3. The molecule has 7 heteroatoms. The molecule has 1 aromatic heterocycles. The predicted octanol–water partition coefficient (Wildman–Crippen LogP) is 3.81. The molecule has 0 saturated heterocycles. The highest BCUT2D eigenvalue weighted by molar-refractivity contribution is 6.32. The van der Waals surface area contributed by atoms with Gasteiger partial charge in [0.05, 0.1) is 17.6 Å². The van der Waals surface area contributed by atoms with Crippen LogP contribution in [0.5, 0.6) is 0 Å². The highest BCUT2D eigenvalue weighted by Gasteiger charge is 2.20. The summed E-state index contributed by atoms with van der Waals surface area (Å²) < 4.78 is 12.9. The predicted molar refractivity (Wildman–Crippen MR) is 107 cm³/mol. The van der Waals surface area contributed by atoms with E-state index in [4.69, 9.17) is 11.6 Å². The number of halogens is 2. The Hall–Kier alpha value is -2.99. The number of fused-ring (bicyclic) bond motifs is 1. The molecule has 0 aliphatic carbocycles. The molecule has 2 aromatic carbocycles. The second kappa shape index (κ2) is 8.80. The van der Waals surface area contributed by atoms with Crippen molar-refractivity contribution < 1.29 is 14.0 Å². The van der Waals surface area contributed by atoms with Crippen LogP contribution >= 0.6 is 11.6 Å². The highest BCUT2D eigenvalue weighted by Crippen LogP contribution is 2.23. The number of pyridine rings is 1. The van der Waals surface area contributed by atoms with Crippen molar-refractivity contribution in [3.63, 3.8) is 0 Å². The fourth-order valence-corrected chi connectivity index (χ4v) is 3.08. The van der Waals surface area contributed by atoms with Crippen molar-refractivity contribution in [2.24, 2.45) is 0 Å². The number of benzene rings is 2. The second-order valence-corrected chi connectivity index (χ2v) is 6.69. The second-order valence-electron chi connectivity index (χ2n) is 6.25. The summed E-state index contributed by atoms with van der Waals surface area (Å²) in [5.41, 5.74) is 1.67. The van der Waals surface area contributed by atoms with Crippen LogP contribution < -0.4 is 5.32 Å². The van der Waals surface area contributed by atoms with Crippen LogP contribution in [0.25, 0.3) is 10.9 Å². The quantitative estimate of drug-likeness (QED) is 0.685. The molecule has 0 aliphatic heterocycles. The fourth-order valence-electron chi connectivity index (χ4n) is 2.85. The van der Waals surface area contributed by atoms with E-state index >= 15 is 0 Å². The van der Waals surface area contributed by atoms with E-state index in [2.05, 4.69) is 10.3 Å². The Bertz CT molecular complexity index is 1010. The van der Waals surface area contributed by atoms with Gasteiger partial charge in [0.15, 0.2) is 0 Å². The zero-order valence-corrected chi connectivity index (χ0v) is 16.0. The van der Waals surface area contributed by atoms with Crippen LogP contribution in [-0.2, 0) is 11.3 Å². The Morgan fingerprint density at radius 2 is 1.93 bits per heavy atom. The van der Waals surface area contributed by atoms with Crippen LogP contribution in [0.2, 0.25) is 5.02 Å². The summed E-state index contributed by atoms with van der Waals surface area (Å²) in [6.45, 7) is 2.30. The van der Waals surface area contributed by atoms with Crippen LogP contribution in [0.1, 0.15) is 22.8 Å². The van der Waals surface area contributed by atoms with Gasteiger partial charge in [-0.3, -0.25) is 14.6 Å². The molecule has 0 aliphatic rings. The SMILES string of the molecule is CCN(CC(=O)NCc1ccc(F)cc1)C(=O)c1cc(Cl)cc2cccnc12. The lowest BCUT2D eigenvalue weighted by Gasteiger charge is -2.21. The van der Waals surface area contributed by atoms with Crippen LogP contribution in [0.4, 0.5) is 4.39 Å². The van der Waals surface area contributed by atoms with E-state index in [1.807, 2.05) is 6.07 Å². The third-order valence-corrected chi connectivity index (χ3v) is 4.52. The van der Waals surface area contributed by atoms with E-state index in [9.17, 15) is 14.0 Å². The van der Waals surface area contributed by atoms with Crippen LogP contribution in [0, 0.1) is 5.82 Å². The zero-order chi connectivity index (χ0) is 20.1. The summed E-state index contributed by atoms with van der Waals surface area (Å²) in [5.74, 6) is -0.954. The fraction of sp³-hybridized carbons (Fsp3) is 0.190. The van der Waals surface area contributed by atoms with Gasteiger partial charge in [-0.25, -0.2) is 4.39 Å². The van der Waals surface area contributed by atoms with Crippen LogP contribution in [-0.4, -0.2) is 34.8 Å². The molecule has 0 fully saturated rings. The smallest absolute Gasteiger partial charge is 0.256 e. The van der Waals surface area contributed by atoms with E-state index in [1.54, 1.807) is 43.5 Å². The topological polar surface area (TPSA) is 62.3 Å². The van der Waals surface area contributed by atoms with Gasteiger partial charge < -0.3 is 10.2 Å². The maximum absolute atomic E-state index is 13.0. The highest BCUT2D eigenvalue weighted by atomic mass is 35.5. The maximum atomic E-state index is 13.0. The number of rotatable bonds is 6. The lowest BCUT2D eigenvalue weighted by atomic mass is 10.1. The number of carbonyl (C=O) groups excluding carboxylic acids is 2. The van der Waals surface area contributed by atoms with Gasteiger partial charge in [-0.1, -0.05) is 29.8 Å². The minimum absolute atomic E-state index is 0.0998. The third-order valence-electron chi connectivity index (χ3n) is 4.31. The molecule has 0 saturated carbocycles. The first-order valence-electron chi connectivity index (χ1n) is 8.82. The first-order valence-corrected chi connectivity index (χ1v) is 9.20. The number of amides is 2. The number of nitrogens with one attached hydrogen (secondary N) is 1. The summed E-state index contributed by atoms with van der Waals surface area (Å²) in [6.07, 6.45) is 1.61. The monoisotopic (exact) mass is 399 g/mol. The summed E-state index contributed by atoms with van der Waals surface area (Å²) in [5, 5.41) is 3.93. The molecular weight excluding hydrogens is 381 g/mol. The Labute approximate surface area is 167 Å². The average Bonchev–Trinajstić information content (AvgIpc) is 2.70. The van der Waals surface area contributed by atoms with Gasteiger partial charge in [0.2, 0.25) is 5.91 Å². The normalized spacial score (nSPS) is 10.7. The summed E-state index contributed by atoms with van der Waals surface area (Å²) >= 11 is 6.15. The largest absolute Gasteiger partial charge is 0.350 e. The lowest BCUT2D eigenvalue weighted by Crippen LogP contribution is -2.40. The van der Waals surface area contributed by atoms with Gasteiger partial charge in [0.1, 0.15) is 5.82 Å². The molecule has 0 atom stereocenters. The van der Waals surface area contributed by atoms with Gasteiger partial charge >= 0.3 is 0 Å². The number of likely N-dealkylation sites (N-methyl/N-ethyl adjacent to an activating group) is 1. The summed E-state index contributed by atoms with van der Waals surface area (Å²) in [4.78, 5) is 31.0. The van der Waals surface area contributed by atoms with Gasteiger partial charge in [0, 0.05) is 29.7 Å². The Balaban J connectivity index is 1.71. The molecule has 1 N–H and O–H groups in total. The molecule has 0 radical (unpaired) electrons. The molecule has 0 bridgehead atoms. The first-order chi connectivity index (χ1) is 13.5. The van der Waals surface area contributed by atoms with Gasteiger partial charge in [-0.05, 0) is 42.8 Å². The third kappa shape index (κ3) is 4.64. The minimum Gasteiger partial charge on any atom is -0.350 e. The Morgan fingerprint density at radius 1 is 1.18 bits per heavy atom. The molecule has 3 rings (SSSR count). The molecule has 28 heavy (non-hydrogen) atoms. The molecular formula is C21H19ClFN3O2. The molecule has 1 heterocycles. The molecule has 3 aromatic rings. The number of aromatic nitrogens is 1. The average molecular weight is 400 g/mol. The van der Waals surface area contributed by atoms with Crippen molar-refractivity contribution in [2.45, 2.75) is 13.5 Å². The zero-order valence-electron chi connectivity index (χ0n) is 15.3. The van der Waals surface area contributed by atoms with E-state index in [0.29, 0.717) is 22.6 Å². The van der Waals surface area contributed by atoms with Crippen molar-refractivity contribution in [1.29, 1.82) is 0 Å². The lowest BCUT2D eigenvalue weighted by molar-refractivity contribution is -0.121. The number of hydrogen-bond donors (Lipinski definition) is 1. The molecule has 0 spiro atoms. The van der Waals surface area contributed by atoms with Crippen LogP contribution in [0.15, 0.2) is 54.7 Å². The van der Waals surface area contributed by atoms with E-state index < -0.39 is 0 Å². The maximum Gasteiger partial charge on any atom is 0.256 e. The molecule has 5 nitrogen and oxygen atoms in total. The molecule has 144 valence electrons. The van der Waals surface area contributed by atoms with Crippen molar-refractivity contribution in [3.8, 4) is 0 Å². The standard InChI is InChI=1S/C21H19ClFN3O2/c1-2-26(13-19(27)25-12-14-5-7-17(23)8-6-14)21(28)18-11-16(22)10-15-4-3-9-24-20(15)18/h3-11H,2,12-13H2,1H3,(H,25,27). The molecule has 0 unspecified atom stereocenters. The van der Waals surface area contributed by atoms with Crippen molar-refractivity contribution in [2.75, 3.05) is 13.1 Å². The number of carbonyl (C=O) groups is 2. The number of nitrogens with zero attached hydrogens (tertiary/aromatic N) is 2. The van der Waals surface area contributed by atoms with Crippen molar-refractivity contribution in [3.05, 3.63) is 76.7 Å². The van der Waals surface area contributed by atoms with Gasteiger partial charge in [0.25, 0.3) is 5.91 Å². The minimum atomic E-state index is -0.333. The Morgan fingerprint density at radius 3 is 2.64 bits per heavy atom. The summed E-state index contributed by atoms with van der Waals surface area (Å²) in [6, 6.07) is 12.8. The molecule has 2 amide bonds. The van der Waals surface area contributed by atoms with Gasteiger partial charge in [-0.15, -0.1) is 0 Å². The van der Waals surface area contributed by atoms with E-state index in [1.165, 1.54) is 17.0 Å². The van der Waals surface area contributed by atoms with Crippen molar-refractivity contribution >= 4 is 34.3 Å². The van der Waals surface area contributed by atoms with E-state index in [0.717, 1.165) is 10.9 Å². The van der Waals surface area contributed by atoms with Crippen molar-refractivity contribution in [1.82, 2.24) is 15.2 Å². The van der Waals surface area contributed by atoms with Crippen LogP contribution in [0.3, 0.4) is 0 Å². The Kier molecular flexibility index (Phi) is 6.21. The summed E-state index contributed by atoms with van der Waals surface area (Å²) in [7, 11) is 0. The van der Waals surface area contributed by atoms with E-state index in [-0.39, 0.29) is 30.7 Å². The van der Waals surface area contributed by atoms with Gasteiger partial charge in [-0.2, -0.15) is 0 Å². The first kappa shape index (κ1) is 19.8.